The lowest BCUT2D eigenvalue weighted by Gasteiger charge is -2.30. The summed E-state index contributed by atoms with van der Waals surface area (Å²) in [5, 5.41) is 12.4. The SMILES string of the molecule is COCCNC(=O)C1=C[C@H](c2ccc3c(c2)Cc2ccccc2-3)C[C@H](OCCN(CCO)S(=O)(=O)c2ccc(OC)cc2)O1. The second kappa shape index (κ2) is 14.4. The minimum absolute atomic E-state index is 0.00908. The number of nitrogens with one attached hydrogen (secondary N) is 1. The molecule has 0 saturated heterocycles. The number of carbonyl (C=O) groups is 1. The van der Waals surface area contributed by atoms with E-state index in [1.54, 1.807) is 19.2 Å². The van der Waals surface area contributed by atoms with Crippen LogP contribution in [0.2, 0.25) is 0 Å². The summed E-state index contributed by atoms with van der Waals surface area (Å²) in [6.07, 6.45) is 2.31. The number of carbonyl (C=O) groups excluding carboxylic acids is 1. The standard InChI is InChI=1S/C33H38N2O8S/c1-40-17-13-34-33(37)31-21-25(23-7-12-30-26(19-23)20-24-5-3-4-6-29(24)30)22-32(43-31)42-18-15-35(14-16-36)44(38,39)28-10-8-27(41-2)9-11-28/h3-12,19,21,25,32,36H,13-18,20,22H2,1-2H3,(H,34,37)/t25-,32+/m0/s1. The fraction of sp³-hybridized carbons (Fsp3) is 0.364. The number of aliphatic hydroxyl groups is 1. The van der Waals surface area contributed by atoms with Crippen molar-refractivity contribution >= 4 is 15.9 Å². The number of hydrogen-bond acceptors (Lipinski definition) is 8. The van der Waals surface area contributed by atoms with Crippen molar-refractivity contribution in [3.8, 4) is 16.9 Å². The summed E-state index contributed by atoms with van der Waals surface area (Å²) in [7, 11) is -0.838. The highest BCUT2D eigenvalue weighted by Gasteiger charge is 2.31. The molecule has 3 aromatic carbocycles. The number of hydrogen-bond donors (Lipinski definition) is 2. The van der Waals surface area contributed by atoms with Crippen LogP contribution in [0, 0.1) is 0 Å². The van der Waals surface area contributed by atoms with Crippen molar-refractivity contribution < 1.29 is 37.3 Å². The number of amides is 1. The fourth-order valence-electron chi connectivity index (χ4n) is 5.55. The van der Waals surface area contributed by atoms with E-state index >= 15 is 0 Å². The summed E-state index contributed by atoms with van der Waals surface area (Å²) in [6, 6.07) is 20.8. The van der Waals surface area contributed by atoms with Crippen LogP contribution in [0.5, 0.6) is 5.75 Å². The molecule has 0 fully saturated rings. The smallest absolute Gasteiger partial charge is 0.286 e. The van der Waals surface area contributed by atoms with Gasteiger partial charge in [0.15, 0.2) is 5.76 Å². The summed E-state index contributed by atoms with van der Waals surface area (Å²) in [4.78, 5) is 13.1. The maximum atomic E-state index is 13.3. The molecular formula is C33H38N2O8S. The zero-order valence-electron chi connectivity index (χ0n) is 24.9. The molecule has 1 aliphatic carbocycles. The van der Waals surface area contributed by atoms with Gasteiger partial charge in [0.05, 0.1) is 31.8 Å². The monoisotopic (exact) mass is 622 g/mol. The van der Waals surface area contributed by atoms with Gasteiger partial charge in [0.2, 0.25) is 16.3 Å². The van der Waals surface area contributed by atoms with Crippen LogP contribution in [0.3, 0.4) is 0 Å². The highest BCUT2D eigenvalue weighted by atomic mass is 32.2. The third kappa shape index (κ3) is 7.14. The minimum atomic E-state index is -3.90. The molecule has 0 unspecified atom stereocenters. The van der Waals surface area contributed by atoms with E-state index in [1.165, 1.54) is 45.8 Å². The molecule has 2 N–H and O–H groups in total. The lowest BCUT2D eigenvalue weighted by atomic mass is 9.90. The van der Waals surface area contributed by atoms with Crippen LogP contribution in [-0.2, 0) is 35.4 Å². The Morgan fingerprint density at radius 3 is 2.52 bits per heavy atom. The van der Waals surface area contributed by atoms with E-state index in [0.717, 1.165) is 12.0 Å². The van der Waals surface area contributed by atoms with Crippen molar-refractivity contribution in [2.45, 2.75) is 29.9 Å². The highest BCUT2D eigenvalue weighted by molar-refractivity contribution is 7.89. The summed E-state index contributed by atoms with van der Waals surface area (Å²) in [6.45, 7) is 0.199. The Bertz CT molecular complexity index is 1590. The van der Waals surface area contributed by atoms with E-state index in [4.69, 9.17) is 18.9 Å². The van der Waals surface area contributed by atoms with Crippen molar-refractivity contribution in [2.75, 3.05) is 53.7 Å². The Morgan fingerprint density at radius 1 is 1.00 bits per heavy atom. The second-order valence-corrected chi connectivity index (χ2v) is 12.5. The molecule has 1 heterocycles. The summed E-state index contributed by atoms with van der Waals surface area (Å²) < 4.78 is 50.0. The number of sulfonamides is 1. The number of allylic oxidation sites excluding steroid dienone is 1. The molecule has 1 amide bonds. The number of ether oxygens (including phenoxy) is 4. The van der Waals surface area contributed by atoms with Gasteiger partial charge in [-0.3, -0.25) is 4.79 Å². The van der Waals surface area contributed by atoms with Gasteiger partial charge in [-0.15, -0.1) is 0 Å². The molecule has 0 aromatic heterocycles. The van der Waals surface area contributed by atoms with Crippen LogP contribution < -0.4 is 10.1 Å². The Hall–Kier alpha value is -3.74. The first-order valence-electron chi connectivity index (χ1n) is 14.6. The quantitative estimate of drug-likeness (QED) is 0.205. The van der Waals surface area contributed by atoms with Crippen molar-refractivity contribution in [1.29, 1.82) is 0 Å². The van der Waals surface area contributed by atoms with Gasteiger partial charge in [-0.2, -0.15) is 4.31 Å². The summed E-state index contributed by atoms with van der Waals surface area (Å²) >= 11 is 0. The first-order chi connectivity index (χ1) is 21.3. The Labute approximate surface area is 258 Å². The molecule has 3 aromatic rings. The average molecular weight is 623 g/mol. The number of nitrogens with zero attached hydrogens (tertiary/aromatic N) is 1. The molecule has 10 nitrogen and oxygen atoms in total. The normalized spacial score (nSPS) is 17.4. The number of fused-ring (bicyclic) bond motifs is 3. The van der Waals surface area contributed by atoms with E-state index in [2.05, 4.69) is 35.6 Å². The van der Waals surface area contributed by atoms with E-state index < -0.39 is 16.3 Å². The van der Waals surface area contributed by atoms with Crippen molar-refractivity contribution in [2.24, 2.45) is 0 Å². The predicted molar refractivity (Wildman–Crippen MR) is 165 cm³/mol. The van der Waals surface area contributed by atoms with Gasteiger partial charge in [0.1, 0.15) is 5.75 Å². The molecule has 0 saturated carbocycles. The molecule has 5 rings (SSSR count). The Balaban J connectivity index is 1.30. The van der Waals surface area contributed by atoms with Gasteiger partial charge in [-0.25, -0.2) is 8.42 Å². The van der Waals surface area contributed by atoms with E-state index in [0.29, 0.717) is 25.3 Å². The van der Waals surface area contributed by atoms with Crippen molar-refractivity contribution in [1.82, 2.24) is 9.62 Å². The molecule has 0 spiro atoms. The maximum absolute atomic E-state index is 13.3. The molecule has 11 heteroatoms. The van der Waals surface area contributed by atoms with Crippen LogP contribution in [0.15, 0.2) is 83.5 Å². The fourth-order valence-corrected chi connectivity index (χ4v) is 6.96. The van der Waals surface area contributed by atoms with Crippen LogP contribution >= 0.6 is 0 Å². The number of rotatable bonds is 14. The first-order valence-corrected chi connectivity index (χ1v) is 16.0. The lowest BCUT2D eigenvalue weighted by molar-refractivity contribution is -0.146. The van der Waals surface area contributed by atoms with E-state index in [1.807, 2.05) is 18.2 Å². The van der Waals surface area contributed by atoms with Crippen LogP contribution in [0.4, 0.5) is 0 Å². The molecule has 2 atom stereocenters. The van der Waals surface area contributed by atoms with Gasteiger partial charge in [0.25, 0.3) is 5.91 Å². The summed E-state index contributed by atoms with van der Waals surface area (Å²) in [5.41, 5.74) is 6.02. The molecule has 0 bridgehead atoms. The minimum Gasteiger partial charge on any atom is -0.497 e. The predicted octanol–water partition coefficient (Wildman–Crippen LogP) is 3.44. The molecule has 234 valence electrons. The third-order valence-corrected chi connectivity index (χ3v) is 9.72. The third-order valence-electron chi connectivity index (χ3n) is 7.81. The van der Waals surface area contributed by atoms with Gasteiger partial charge in [-0.05, 0) is 64.6 Å². The zero-order valence-corrected chi connectivity index (χ0v) is 25.7. The second-order valence-electron chi connectivity index (χ2n) is 10.6. The zero-order chi connectivity index (χ0) is 31.1. The van der Waals surface area contributed by atoms with Crippen molar-refractivity contribution in [3.05, 3.63) is 95.3 Å². The average Bonchev–Trinajstić information content (AvgIpc) is 3.42. The first kappa shape index (κ1) is 31.7. The van der Waals surface area contributed by atoms with Crippen LogP contribution in [0.25, 0.3) is 11.1 Å². The number of methoxy groups -OCH3 is 2. The van der Waals surface area contributed by atoms with E-state index in [-0.39, 0.29) is 48.8 Å². The topological polar surface area (TPSA) is 124 Å². The van der Waals surface area contributed by atoms with Gasteiger partial charge in [0, 0.05) is 39.1 Å². The Kier molecular flexibility index (Phi) is 10.3. The summed E-state index contributed by atoms with van der Waals surface area (Å²) in [5.74, 6) is 0.137. The maximum Gasteiger partial charge on any atom is 0.286 e. The number of benzene rings is 3. The largest absolute Gasteiger partial charge is 0.497 e. The molecule has 44 heavy (non-hydrogen) atoms. The molecule has 2 aliphatic rings. The lowest BCUT2D eigenvalue weighted by Crippen LogP contribution is -2.38. The molecular weight excluding hydrogens is 584 g/mol. The highest BCUT2D eigenvalue weighted by Crippen LogP contribution is 2.40. The van der Waals surface area contributed by atoms with Crippen molar-refractivity contribution in [3.63, 3.8) is 0 Å². The van der Waals surface area contributed by atoms with Gasteiger partial charge < -0.3 is 29.4 Å². The molecule has 0 radical (unpaired) electrons. The van der Waals surface area contributed by atoms with Crippen LogP contribution in [0.1, 0.15) is 29.0 Å². The number of aliphatic hydroxyl groups excluding tert-OH is 1. The van der Waals surface area contributed by atoms with Gasteiger partial charge >= 0.3 is 0 Å². The Morgan fingerprint density at radius 2 is 1.77 bits per heavy atom. The van der Waals surface area contributed by atoms with Gasteiger partial charge in [-0.1, -0.05) is 42.5 Å². The molecule has 1 aliphatic heterocycles. The van der Waals surface area contributed by atoms with Crippen LogP contribution in [-0.4, -0.2) is 83.7 Å². The van der Waals surface area contributed by atoms with E-state index in [9.17, 15) is 18.3 Å².